The Labute approximate surface area is 140 Å². The van der Waals surface area contributed by atoms with Gasteiger partial charge in [0.2, 0.25) is 0 Å². The quantitative estimate of drug-likeness (QED) is 0.648. The van der Waals surface area contributed by atoms with Crippen LogP contribution in [-0.2, 0) is 22.6 Å². The van der Waals surface area contributed by atoms with Gasteiger partial charge in [0, 0.05) is 18.4 Å². The fourth-order valence-corrected chi connectivity index (χ4v) is 4.51. The molecule has 24 heavy (non-hydrogen) atoms. The number of aromatic nitrogens is 4. The van der Waals surface area contributed by atoms with Gasteiger partial charge in [-0.05, 0) is 18.9 Å². The number of carbonyl (C=O) groups excluding carboxylic acids is 1. The van der Waals surface area contributed by atoms with Gasteiger partial charge < -0.3 is 5.11 Å². The lowest BCUT2D eigenvalue weighted by molar-refractivity contribution is -0.141. The first-order valence-corrected chi connectivity index (χ1v) is 8.66. The number of aryl methyl sites for hydroxylation is 2. The lowest BCUT2D eigenvalue weighted by Crippen LogP contribution is -2.51. The van der Waals surface area contributed by atoms with Crippen LogP contribution in [0.15, 0.2) is 22.9 Å². The molecular formula is C15H13N5O3S. The maximum atomic E-state index is 12.2. The number of β-lactam (4-membered cyclic amide) rings is 1. The lowest BCUT2D eigenvalue weighted by Gasteiger charge is -2.36. The Morgan fingerprint density at radius 2 is 2.25 bits per heavy atom. The van der Waals surface area contributed by atoms with E-state index in [2.05, 4.69) is 14.6 Å². The minimum absolute atomic E-state index is 0.0436. The number of carboxylic acids is 1. The Hall–Kier alpha value is -2.55. The summed E-state index contributed by atoms with van der Waals surface area (Å²) in [6.45, 7) is 0.926. The van der Waals surface area contributed by atoms with Crippen molar-refractivity contribution in [3.05, 3.63) is 34.4 Å². The molecule has 5 heterocycles. The Kier molecular flexibility index (Phi) is 2.73. The highest BCUT2D eigenvalue weighted by Gasteiger charge is 2.49. The Morgan fingerprint density at radius 3 is 3.08 bits per heavy atom. The molecule has 0 radical (unpaired) electrons. The SMILES string of the molecule is O=C(O)C1=CS[C@@H]2C(=Cc3cn4c(n3)nc3n4CCCC3)C(=O)N12. The van der Waals surface area contributed by atoms with Crippen LogP contribution in [0.1, 0.15) is 24.4 Å². The van der Waals surface area contributed by atoms with Crippen LogP contribution in [0.3, 0.4) is 0 Å². The van der Waals surface area contributed by atoms with Gasteiger partial charge in [-0.25, -0.2) is 14.3 Å². The number of thioether (sulfide) groups is 1. The van der Waals surface area contributed by atoms with Gasteiger partial charge in [0.25, 0.3) is 11.7 Å². The second-order valence-electron chi connectivity index (χ2n) is 5.99. The highest BCUT2D eigenvalue weighted by atomic mass is 32.2. The highest BCUT2D eigenvalue weighted by molar-refractivity contribution is 8.03. The number of aliphatic carboxylic acids is 1. The van der Waals surface area contributed by atoms with Crippen molar-refractivity contribution in [1.82, 2.24) is 24.1 Å². The number of carboxylic acid groups (broad SMARTS) is 1. The van der Waals surface area contributed by atoms with E-state index in [1.165, 1.54) is 22.1 Å². The maximum Gasteiger partial charge on any atom is 0.353 e. The zero-order valence-corrected chi connectivity index (χ0v) is 13.4. The zero-order valence-electron chi connectivity index (χ0n) is 12.5. The number of nitrogens with zero attached hydrogens (tertiary/aromatic N) is 5. The number of hydrogen-bond acceptors (Lipinski definition) is 5. The smallest absolute Gasteiger partial charge is 0.353 e. The fourth-order valence-electron chi connectivity index (χ4n) is 3.39. The number of fused-ring (bicyclic) bond motifs is 4. The minimum atomic E-state index is -1.08. The molecule has 2 aromatic rings. The molecule has 2 aromatic heterocycles. The van der Waals surface area contributed by atoms with Crippen molar-refractivity contribution < 1.29 is 14.7 Å². The molecule has 0 spiro atoms. The molecule has 3 aliphatic heterocycles. The number of rotatable bonds is 2. The van der Waals surface area contributed by atoms with Crippen LogP contribution in [0.5, 0.6) is 0 Å². The van der Waals surface area contributed by atoms with E-state index >= 15 is 0 Å². The summed E-state index contributed by atoms with van der Waals surface area (Å²) in [5.41, 5.74) is 1.29. The van der Waals surface area contributed by atoms with Crippen LogP contribution in [0.2, 0.25) is 0 Å². The highest BCUT2D eigenvalue weighted by Crippen LogP contribution is 2.45. The second-order valence-corrected chi connectivity index (χ2v) is 6.94. The van der Waals surface area contributed by atoms with E-state index < -0.39 is 5.97 Å². The van der Waals surface area contributed by atoms with E-state index in [-0.39, 0.29) is 17.0 Å². The monoisotopic (exact) mass is 343 g/mol. The fraction of sp³-hybridized carbons (Fsp3) is 0.333. The third-order valence-electron chi connectivity index (χ3n) is 4.55. The number of amides is 1. The van der Waals surface area contributed by atoms with E-state index in [4.69, 9.17) is 5.11 Å². The Morgan fingerprint density at radius 1 is 1.38 bits per heavy atom. The topological polar surface area (TPSA) is 92.7 Å². The van der Waals surface area contributed by atoms with Crippen LogP contribution >= 0.6 is 11.8 Å². The van der Waals surface area contributed by atoms with Crippen LogP contribution in [0.4, 0.5) is 0 Å². The molecule has 1 amide bonds. The van der Waals surface area contributed by atoms with Crippen molar-refractivity contribution in [3.63, 3.8) is 0 Å². The van der Waals surface area contributed by atoms with Gasteiger partial charge in [0.05, 0.1) is 17.5 Å². The van der Waals surface area contributed by atoms with Gasteiger partial charge >= 0.3 is 5.97 Å². The average Bonchev–Trinajstić information content (AvgIpc) is 3.22. The summed E-state index contributed by atoms with van der Waals surface area (Å²) in [7, 11) is 0. The van der Waals surface area contributed by atoms with Gasteiger partial charge in [-0.15, -0.1) is 11.8 Å². The first-order valence-electron chi connectivity index (χ1n) is 7.72. The molecule has 0 saturated carbocycles. The lowest BCUT2D eigenvalue weighted by atomic mass is 10.0. The van der Waals surface area contributed by atoms with Gasteiger partial charge in [-0.1, -0.05) is 0 Å². The summed E-state index contributed by atoms with van der Waals surface area (Å²) in [5, 5.41) is 10.3. The molecule has 1 fully saturated rings. The third kappa shape index (κ3) is 1.75. The standard InChI is InChI=1S/C15H13N5O3S/c21-12-9(13-20(12)10(7-24-13)14(22)23)5-8-6-19-15(16-8)17-11-3-1-2-4-18(11)19/h5-7,13H,1-4H2,(H,22,23)/t13-/m1/s1. The summed E-state index contributed by atoms with van der Waals surface area (Å²) in [6.07, 6.45) is 6.86. The normalized spacial score (nSPS) is 24.1. The molecule has 8 nitrogen and oxygen atoms in total. The van der Waals surface area contributed by atoms with Crippen LogP contribution < -0.4 is 0 Å². The predicted octanol–water partition coefficient (Wildman–Crippen LogP) is 1.09. The van der Waals surface area contributed by atoms with Crippen LogP contribution in [0.25, 0.3) is 11.9 Å². The first kappa shape index (κ1) is 13.8. The van der Waals surface area contributed by atoms with Crippen molar-refractivity contribution in [3.8, 4) is 0 Å². The van der Waals surface area contributed by atoms with Crippen LogP contribution in [0, 0.1) is 0 Å². The molecule has 1 atom stereocenters. The van der Waals surface area contributed by atoms with E-state index in [0.29, 0.717) is 17.0 Å². The Bertz CT molecular complexity index is 969. The van der Waals surface area contributed by atoms with E-state index in [0.717, 1.165) is 31.6 Å². The van der Waals surface area contributed by atoms with E-state index in [1.807, 2.05) is 10.7 Å². The number of imidazole rings is 1. The maximum absolute atomic E-state index is 12.2. The molecule has 0 unspecified atom stereocenters. The average molecular weight is 343 g/mol. The summed E-state index contributed by atoms with van der Waals surface area (Å²) >= 11 is 1.33. The van der Waals surface area contributed by atoms with Crippen molar-refractivity contribution in [2.45, 2.75) is 31.2 Å². The Balaban J connectivity index is 1.47. The zero-order chi connectivity index (χ0) is 16.4. The van der Waals surface area contributed by atoms with Crippen molar-refractivity contribution >= 4 is 35.5 Å². The largest absolute Gasteiger partial charge is 0.477 e. The van der Waals surface area contributed by atoms with E-state index in [9.17, 15) is 9.59 Å². The molecule has 3 aliphatic rings. The molecule has 9 heteroatoms. The molecule has 1 saturated heterocycles. The first-order chi connectivity index (χ1) is 11.6. The minimum Gasteiger partial charge on any atom is -0.477 e. The predicted molar refractivity (Wildman–Crippen MR) is 85.8 cm³/mol. The molecule has 122 valence electrons. The summed E-state index contributed by atoms with van der Waals surface area (Å²) < 4.78 is 4.06. The van der Waals surface area contributed by atoms with Crippen molar-refractivity contribution in [1.29, 1.82) is 0 Å². The molecule has 5 rings (SSSR count). The van der Waals surface area contributed by atoms with E-state index in [1.54, 1.807) is 6.08 Å². The molecule has 0 aliphatic carbocycles. The summed E-state index contributed by atoms with van der Waals surface area (Å²) in [6, 6.07) is 0. The van der Waals surface area contributed by atoms with Gasteiger partial charge in [0.15, 0.2) is 0 Å². The second kappa shape index (κ2) is 4.73. The van der Waals surface area contributed by atoms with Gasteiger partial charge in [-0.2, -0.15) is 4.98 Å². The molecular weight excluding hydrogens is 330 g/mol. The number of carbonyl (C=O) groups is 2. The summed E-state index contributed by atoms with van der Waals surface area (Å²) in [4.78, 5) is 33.7. The van der Waals surface area contributed by atoms with Gasteiger partial charge in [-0.3, -0.25) is 14.4 Å². The molecule has 1 N–H and O–H groups in total. The summed E-state index contributed by atoms with van der Waals surface area (Å²) in [5.74, 6) is 0.348. The number of hydrogen-bond donors (Lipinski definition) is 1. The van der Waals surface area contributed by atoms with Crippen molar-refractivity contribution in [2.24, 2.45) is 0 Å². The van der Waals surface area contributed by atoms with Crippen molar-refractivity contribution in [2.75, 3.05) is 0 Å². The van der Waals surface area contributed by atoms with Crippen LogP contribution in [-0.4, -0.2) is 46.4 Å². The third-order valence-corrected chi connectivity index (χ3v) is 5.63. The van der Waals surface area contributed by atoms with Gasteiger partial charge in [0.1, 0.15) is 16.9 Å². The molecule has 0 bridgehead atoms. The molecule has 0 aromatic carbocycles.